The van der Waals surface area contributed by atoms with Crippen LogP contribution in [0, 0.1) is 6.92 Å². The van der Waals surface area contributed by atoms with Gasteiger partial charge in [0, 0.05) is 23.5 Å². The van der Waals surface area contributed by atoms with Crippen LogP contribution >= 0.6 is 11.8 Å². The molecule has 106 valence electrons. The second kappa shape index (κ2) is 5.21. The molecule has 0 spiro atoms. The minimum atomic E-state index is -0.977. The van der Waals surface area contributed by atoms with Gasteiger partial charge in [-0.2, -0.15) is 5.10 Å². The number of hydrogen-bond acceptors (Lipinski definition) is 4. The van der Waals surface area contributed by atoms with Crippen LogP contribution in [0.5, 0.6) is 0 Å². The van der Waals surface area contributed by atoms with Crippen molar-refractivity contribution in [3.8, 4) is 0 Å². The Kier molecular flexibility index (Phi) is 3.39. The topological polar surface area (TPSA) is 68.0 Å². The van der Waals surface area contributed by atoms with E-state index in [-0.39, 0.29) is 5.56 Å². The molecule has 2 aromatic heterocycles. The van der Waals surface area contributed by atoms with Gasteiger partial charge in [-0.3, -0.25) is 9.67 Å². The summed E-state index contributed by atoms with van der Waals surface area (Å²) in [5, 5.41) is 15.4. The molecule has 0 bridgehead atoms. The van der Waals surface area contributed by atoms with Gasteiger partial charge in [0.05, 0.1) is 21.8 Å². The number of rotatable bonds is 3. The summed E-state index contributed by atoms with van der Waals surface area (Å²) in [7, 11) is 1.85. The third-order valence-corrected chi connectivity index (χ3v) is 4.36. The highest BCUT2D eigenvalue weighted by molar-refractivity contribution is 7.99. The summed E-state index contributed by atoms with van der Waals surface area (Å²) in [6, 6.07) is 9.47. The first-order valence-corrected chi connectivity index (χ1v) is 7.17. The number of aromatic carboxylic acids is 1. The number of carbonyl (C=O) groups is 1. The zero-order chi connectivity index (χ0) is 15.0. The molecule has 5 nitrogen and oxygen atoms in total. The van der Waals surface area contributed by atoms with Crippen molar-refractivity contribution >= 4 is 28.6 Å². The number of nitrogens with zero attached hydrogens (tertiary/aromatic N) is 3. The van der Waals surface area contributed by atoms with Gasteiger partial charge in [-0.25, -0.2) is 4.79 Å². The minimum Gasteiger partial charge on any atom is -0.478 e. The maximum atomic E-state index is 11.5. The zero-order valence-electron chi connectivity index (χ0n) is 11.6. The Balaban J connectivity index is 2.21. The molecule has 0 saturated heterocycles. The van der Waals surface area contributed by atoms with E-state index in [1.54, 1.807) is 4.68 Å². The van der Waals surface area contributed by atoms with Gasteiger partial charge in [-0.1, -0.05) is 30.0 Å². The van der Waals surface area contributed by atoms with E-state index in [0.717, 1.165) is 21.6 Å². The molecule has 6 heteroatoms. The van der Waals surface area contributed by atoms with Crippen molar-refractivity contribution in [1.29, 1.82) is 0 Å². The Morgan fingerprint density at radius 3 is 2.76 bits per heavy atom. The number of hydrogen-bond donors (Lipinski definition) is 1. The largest absolute Gasteiger partial charge is 0.478 e. The molecule has 3 rings (SSSR count). The number of benzene rings is 1. The van der Waals surface area contributed by atoms with Gasteiger partial charge >= 0.3 is 5.97 Å². The van der Waals surface area contributed by atoms with Crippen molar-refractivity contribution in [1.82, 2.24) is 14.8 Å². The monoisotopic (exact) mass is 299 g/mol. The molecule has 0 amide bonds. The van der Waals surface area contributed by atoms with Crippen LogP contribution in [0.1, 0.15) is 16.1 Å². The Labute approximate surface area is 125 Å². The highest BCUT2D eigenvalue weighted by atomic mass is 32.2. The van der Waals surface area contributed by atoms with E-state index in [0.29, 0.717) is 4.90 Å². The Morgan fingerprint density at radius 2 is 2.10 bits per heavy atom. The number of pyridine rings is 1. The van der Waals surface area contributed by atoms with Crippen LogP contribution in [0.2, 0.25) is 0 Å². The van der Waals surface area contributed by atoms with E-state index in [1.807, 2.05) is 44.3 Å². The molecule has 0 saturated carbocycles. The van der Waals surface area contributed by atoms with Crippen LogP contribution in [0.15, 0.2) is 46.5 Å². The van der Waals surface area contributed by atoms with Crippen molar-refractivity contribution in [2.45, 2.75) is 16.8 Å². The predicted octanol–water partition coefficient (Wildman–Crippen LogP) is 3.13. The van der Waals surface area contributed by atoms with E-state index in [2.05, 4.69) is 10.1 Å². The van der Waals surface area contributed by atoms with Crippen LogP contribution < -0.4 is 0 Å². The van der Waals surface area contributed by atoms with Gasteiger partial charge < -0.3 is 5.11 Å². The lowest BCUT2D eigenvalue weighted by Gasteiger charge is -2.09. The number of para-hydroxylation sites is 1. The molecule has 1 aromatic carbocycles. The smallest absolute Gasteiger partial charge is 0.338 e. The number of fused-ring (bicyclic) bond motifs is 1. The number of aromatic nitrogens is 3. The van der Waals surface area contributed by atoms with Crippen LogP contribution in [0.25, 0.3) is 10.9 Å². The molecule has 0 unspecified atom stereocenters. The number of aryl methyl sites for hydroxylation is 2. The number of carboxylic acid groups (broad SMARTS) is 1. The maximum absolute atomic E-state index is 11.5. The SMILES string of the molecule is Cc1cc(Sc2c(C(=O)O)cnc3ccccc23)n(C)n1. The molecular formula is C15H13N3O2S. The zero-order valence-corrected chi connectivity index (χ0v) is 12.4. The lowest BCUT2D eigenvalue weighted by atomic mass is 10.1. The number of carboxylic acids is 1. The lowest BCUT2D eigenvalue weighted by Crippen LogP contribution is -2.01. The van der Waals surface area contributed by atoms with Crippen LogP contribution in [0.3, 0.4) is 0 Å². The molecule has 3 aromatic rings. The molecule has 1 N–H and O–H groups in total. The van der Waals surface area contributed by atoms with Gasteiger partial charge in [0.15, 0.2) is 0 Å². The summed E-state index contributed by atoms with van der Waals surface area (Å²) < 4.78 is 1.75. The van der Waals surface area contributed by atoms with Crippen molar-refractivity contribution in [3.63, 3.8) is 0 Å². The van der Waals surface area contributed by atoms with E-state index in [4.69, 9.17) is 0 Å². The van der Waals surface area contributed by atoms with Crippen LogP contribution in [-0.4, -0.2) is 25.8 Å². The summed E-state index contributed by atoms with van der Waals surface area (Å²) in [6.07, 6.45) is 1.41. The molecule has 0 atom stereocenters. The average molecular weight is 299 g/mol. The molecule has 0 aliphatic rings. The van der Waals surface area contributed by atoms with Gasteiger partial charge in [-0.05, 0) is 19.1 Å². The summed E-state index contributed by atoms with van der Waals surface area (Å²) in [5.41, 5.74) is 1.89. The molecule has 21 heavy (non-hydrogen) atoms. The fourth-order valence-corrected chi connectivity index (χ4v) is 3.31. The van der Waals surface area contributed by atoms with E-state index in [1.165, 1.54) is 18.0 Å². The lowest BCUT2D eigenvalue weighted by molar-refractivity contribution is 0.0693. The van der Waals surface area contributed by atoms with Gasteiger partial charge in [0.1, 0.15) is 0 Å². The fourth-order valence-electron chi connectivity index (χ4n) is 2.17. The predicted molar refractivity (Wildman–Crippen MR) is 80.8 cm³/mol. The first-order chi connectivity index (χ1) is 10.1. The molecule has 0 fully saturated rings. The molecule has 0 radical (unpaired) electrons. The first-order valence-electron chi connectivity index (χ1n) is 6.36. The van der Waals surface area contributed by atoms with Crippen molar-refractivity contribution in [2.75, 3.05) is 0 Å². The Morgan fingerprint density at radius 1 is 1.33 bits per heavy atom. The summed E-state index contributed by atoms with van der Waals surface area (Å²) >= 11 is 1.40. The van der Waals surface area contributed by atoms with Crippen LogP contribution in [0.4, 0.5) is 0 Å². The Hall–Kier alpha value is -2.34. The van der Waals surface area contributed by atoms with Crippen molar-refractivity contribution in [2.24, 2.45) is 7.05 Å². The molecule has 0 aliphatic carbocycles. The third kappa shape index (κ3) is 2.50. The van der Waals surface area contributed by atoms with E-state index < -0.39 is 5.97 Å². The van der Waals surface area contributed by atoms with Crippen molar-refractivity contribution in [3.05, 3.63) is 47.8 Å². The molecular weight excluding hydrogens is 286 g/mol. The second-order valence-corrected chi connectivity index (χ2v) is 5.70. The second-order valence-electron chi connectivity index (χ2n) is 4.67. The van der Waals surface area contributed by atoms with E-state index in [9.17, 15) is 9.90 Å². The first kappa shape index (κ1) is 13.6. The third-order valence-electron chi connectivity index (χ3n) is 3.12. The van der Waals surface area contributed by atoms with Crippen molar-refractivity contribution < 1.29 is 9.90 Å². The standard InChI is InChI=1S/C15H13N3O2S/c1-9-7-13(18(2)17-9)21-14-10-5-3-4-6-12(10)16-8-11(14)15(19)20/h3-8H,1-2H3,(H,19,20). The molecule has 0 aliphatic heterocycles. The summed E-state index contributed by atoms with van der Waals surface area (Å²) in [5.74, 6) is -0.977. The molecule has 2 heterocycles. The maximum Gasteiger partial charge on any atom is 0.338 e. The van der Waals surface area contributed by atoms with Gasteiger partial charge in [0.2, 0.25) is 0 Å². The summed E-state index contributed by atoms with van der Waals surface area (Å²) in [6.45, 7) is 1.91. The normalized spacial score (nSPS) is 11.0. The summed E-state index contributed by atoms with van der Waals surface area (Å²) in [4.78, 5) is 16.4. The minimum absolute atomic E-state index is 0.206. The quantitative estimate of drug-likeness (QED) is 0.804. The highest BCUT2D eigenvalue weighted by Gasteiger charge is 2.17. The van der Waals surface area contributed by atoms with Crippen LogP contribution in [-0.2, 0) is 7.05 Å². The fraction of sp³-hybridized carbons (Fsp3) is 0.133. The average Bonchev–Trinajstić information content (AvgIpc) is 2.77. The Bertz CT molecular complexity index is 842. The van der Waals surface area contributed by atoms with E-state index >= 15 is 0 Å². The van der Waals surface area contributed by atoms with Gasteiger partial charge in [0.25, 0.3) is 0 Å². The highest BCUT2D eigenvalue weighted by Crippen LogP contribution is 2.35. The van der Waals surface area contributed by atoms with Gasteiger partial charge in [-0.15, -0.1) is 0 Å².